The lowest BCUT2D eigenvalue weighted by atomic mass is 10.1. The van der Waals surface area contributed by atoms with Crippen molar-refractivity contribution >= 4 is 5.91 Å². The molecule has 0 spiro atoms. The molecule has 0 aliphatic rings. The first-order chi connectivity index (χ1) is 12.6. The molecule has 0 bridgehead atoms. The third kappa shape index (κ3) is 4.49. The van der Waals surface area contributed by atoms with Gasteiger partial charge in [0.15, 0.2) is 18.2 Å². The summed E-state index contributed by atoms with van der Waals surface area (Å²) in [7, 11) is 0. The van der Waals surface area contributed by atoms with Crippen molar-refractivity contribution in [3.8, 4) is 17.1 Å². The summed E-state index contributed by atoms with van der Waals surface area (Å²) in [5.41, 5.74) is 1.56. The number of rotatable bonds is 7. The van der Waals surface area contributed by atoms with Gasteiger partial charge in [-0.05, 0) is 29.8 Å². The first-order valence-electron chi connectivity index (χ1n) is 8.09. The molecule has 134 valence electrons. The Balaban J connectivity index is 1.48. The van der Waals surface area contributed by atoms with E-state index in [2.05, 4.69) is 5.32 Å². The Hall–Kier alpha value is -3.12. The number of nitrogens with one attached hydrogen (secondary N) is 1. The smallest absolute Gasteiger partial charge is 0.258 e. The molecule has 0 saturated heterocycles. The molecule has 1 amide bonds. The largest absolute Gasteiger partial charge is 0.481 e. The fourth-order valence-corrected chi connectivity index (χ4v) is 2.40. The van der Waals surface area contributed by atoms with Crippen molar-refractivity contribution in [2.45, 2.75) is 6.10 Å². The van der Waals surface area contributed by atoms with Gasteiger partial charge in [-0.15, -0.1) is 0 Å². The van der Waals surface area contributed by atoms with Gasteiger partial charge in [-0.2, -0.15) is 0 Å². The summed E-state index contributed by atoms with van der Waals surface area (Å²) in [6.45, 7) is -0.301. The third-order valence-electron chi connectivity index (χ3n) is 3.79. The quantitative estimate of drug-likeness (QED) is 0.682. The molecule has 3 rings (SSSR count). The van der Waals surface area contributed by atoms with Crippen LogP contribution in [0, 0.1) is 5.82 Å². The van der Waals surface area contributed by atoms with Crippen molar-refractivity contribution < 1.29 is 23.4 Å². The fourth-order valence-electron chi connectivity index (χ4n) is 2.40. The van der Waals surface area contributed by atoms with Crippen molar-refractivity contribution in [2.75, 3.05) is 13.2 Å². The molecule has 0 fully saturated rings. The first-order valence-corrected chi connectivity index (χ1v) is 8.09. The molecule has 1 heterocycles. The molecule has 2 N–H and O–H groups in total. The van der Waals surface area contributed by atoms with Gasteiger partial charge in [-0.3, -0.25) is 4.79 Å². The van der Waals surface area contributed by atoms with Crippen molar-refractivity contribution in [1.82, 2.24) is 5.32 Å². The van der Waals surface area contributed by atoms with Gasteiger partial charge in [0.25, 0.3) is 5.91 Å². The number of carbonyl (C=O) groups is 1. The second-order valence-electron chi connectivity index (χ2n) is 5.64. The average molecular weight is 355 g/mol. The highest BCUT2D eigenvalue weighted by Crippen LogP contribution is 2.22. The number of furan rings is 1. The maximum atomic E-state index is 13.4. The van der Waals surface area contributed by atoms with Crippen LogP contribution in [0.25, 0.3) is 11.3 Å². The Morgan fingerprint density at radius 1 is 1.12 bits per heavy atom. The molecule has 6 heteroatoms. The molecule has 5 nitrogen and oxygen atoms in total. The number of hydrogen-bond donors (Lipinski definition) is 2. The van der Waals surface area contributed by atoms with E-state index in [1.54, 1.807) is 30.5 Å². The second-order valence-corrected chi connectivity index (χ2v) is 5.64. The number of halogens is 1. The highest BCUT2D eigenvalue weighted by atomic mass is 19.1. The van der Waals surface area contributed by atoms with Crippen LogP contribution in [0.4, 0.5) is 4.39 Å². The lowest BCUT2D eigenvalue weighted by Crippen LogP contribution is -2.32. The molecular weight excluding hydrogens is 337 g/mol. The SMILES string of the molecule is O=C(COc1ccccc1F)NC[C@H](O)c1ccc(-c2ccco2)cc1. The van der Waals surface area contributed by atoms with E-state index in [1.807, 2.05) is 18.2 Å². The standard InChI is InChI=1S/C20H18FNO4/c21-16-4-1-2-5-19(16)26-13-20(24)22-12-17(23)14-7-9-15(10-8-14)18-6-3-11-25-18/h1-11,17,23H,12-13H2,(H,22,24)/t17-/m0/s1. The van der Waals surface area contributed by atoms with Gasteiger partial charge in [0.2, 0.25) is 0 Å². The Bertz CT molecular complexity index is 847. The number of aliphatic hydroxyl groups is 1. The van der Waals surface area contributed by atoms with Crippen molar-refractivity contribution in [3.63, 3.8) is 0 Å². The normalized spacial score (nSPS) is 11.8. The van der Waals surface area contributed by atoms with Gasteiger partial charge in [0, 0.05) is 12.1 Å². The molecular formula is C20H18FNO4. The van der Waals surface area contributed by atoms with Crippen molar-refractivity contribution in [2.24, 2.45) is 0 Å². The zero-order valence-electron chi connectivity index (χ0n) is 13.9. The van der Waals surface area contributed by atoms with Gasteiger partial charge in [0.1, 0.15) is 5.76 Å². The minimum atomic E-state index is -0.863. The molecule has 0 saturated carbocycles. The second kappa shape index (κ2) is 8.31. The van der Waals surface area contributed by atoms with Gasteiger partial charge in [-0.1, -0.05) is 36.4 Å². The number of ether oxygens (including phenoxy) is 1. The fraction of sp³-hybridized carbons (Fsp3) is 0.150. The Morgan fingerprint density at radius 3 is 2.58 bits per heavy atom. The summed E-state index contributed by atoms with van der Waals surface area (Å²) < 4.78 is 23.8. The van der Waals surface area contributed by atoms with E-state index in [1.165, 1.54) is 18.2 Å². The van der Waals surface area contributed by atoms with Gasteiger partial charge in [-0.25, -0.2) is 4.39 Å². The van der Waals surface area contributed by atoms with Crippen LogP contribution in [-0.4, -0.2) is 24.2 Å². The maximum Gasteiger partial charge on any atom is 0.258 e. The predicted octanol–water partition coefficient (Wildman–Crippen LogP) is 3.31. The monoisotopic (exact) mass is 355 g/mol. The van der Waals surface area contributed by atoms with E-state index in [-0.39, 0.29) is 18.9 Å². The summed E-state index contributed by atoms with van der Waals surface area (Å²) in [5, 5.41) is 12.7. The van der Waals surface area contributed by atoms with Crippen LogP contribution in [0.15, 0.2) is 71.3 Å². The molecule has 26 heavy (non-hydrogen) atoms. The summed E-state index contributed by atoms with van der Waals surface area (Å²) in [4.78, 5) is 11.8. The van der Waals surface area contributed by atoms with Gasteiger partial charge < -0.3 is 19.6 Å². The summed E-state index contributed by atoms with van der Waals surface area (Å²) in [6.07, 6.45) is 0.731. The van der Waals surface area contributed by atoms with Crippen LogP contribution in [0.2, 0.25) is 0 Å². The number of para-hydroxylation sites is 1. The van der Waals surface area contributed by atoms with Crippen molar-refractivity contribution in [1.29, 1.82) is 0 Å². The van der Waals surface area contributed by atoms with Gasteiger partial charge >= 0.3 is 0 Å². The predicted molar refractivity (Wildman–Crippen MR) is 94.0 cm³/mol. The molecule has 1 atom stereocenters. The Kier molecular flexibility index (Phi) is 5.66. The molecule has 1 aromatic heterocycles. The van der Waals surface area contributed by atoms with Crippen LogP contribution < -0.4 is 10.1 Å². The van der Waals surface area contributed by atoms with E-state index < -0.39 is 17.8 Å². The average Bonchev–Trinajstić information content (AvgIpc) is 3.20. The van der Waals surface area contributed by atoms with Crippen LogP contribution in [-0.2, 0) is 4.79 Å². The maximum absolute atomic E-state index is 13.4. The number of aliphatic hydroxyl groups excluding tert-OH is 1. The Labute approximate surface area is 150 Å². The first kappa shape index (κ1) is 17.7. The zero-order chi connectivity index (χ0) is 18.4. The van der Waals surface area contributed by atoms with E-state index >= 15 is 0 Å². The molecule has 0 radical (unpaired) electrons. The number of amides is 1. The minimum Gasteiger partial charge on any atom is -0.481 e. The minimum absolute atomic E-state index is 0.0108. The lowest BCUT2D eigenvalue weighted by Gasteiger charge is -2.13. The van der Waals surface area contributed by atoms with E-state index in [0.29, 0.717) is 5.56 Å². The number of carbonyl (C=O) groups excluding carboxylic acids is 1. The summed E-state index contributed by atoms with van der Waals surface area (Å²) >= 11 is 0. The van der Waals surface area contributed by atoms with E-state index in [9.17, 15) is 14.3 Å². The highest BCUT2D eigenvalue weighted by molar-refractivity contribution is 5.77. The zero-order valence-corrected chi connectivity index (χ0v) is 13.9. The van der Waals surface area contributed by atoms with Gasteiger partial charge in [0.05, 0.1) is 12.4 Å². The Morgan fingerprint density at radius 2 is 1.88 bits per heavy atom. The third-order valence-corrected chi connectivity index (χ3v) is 3.79. The van der Waals surface area contributed by atoms with Crippen LogP contribution in [0.5, 0.6) is 5.75 Å². The van der Waals surface area contributed by atoms with Crippen LogP contribution in [0.3, 0.4) is 0 Å². The number of hydrogen-bond acceptors (Lipinski definition) is 4. The summed E-state index contributed by atoms with van der Waals surface area (Å²) in [5.74, 6) is -0.224. The highest BCUT2D eigenvalue weighted by Gasteiger charge is 2.11. The molecule has 0 unspecified atom stereocenters. The van der Waals surface area contributed by atoms with Crippen LogP contribution in [0.1, 0.15) is 11.7 Å². The molecule has 0 aliphatic carbocycles. The van der Waals surface area contributed by atoms with E-state index in [0.717, 1.165) is 11.3 Å². The van der Waals surface area contributed by atoms with Crippen molar-refractivity contribution in [3.05, 3.63) is 78.3 Å². The van der Waals surface area contributed by atoms with E-state index in [4.69, 9.17) is 9.15 Å². The van der Waals surface area contributed by atoms with Crippen LogP contribution >= 0.6 is 0 Å². The molecule has 0 aliphatic heterocycles. The lowest BCUT2D eigenvalue weighted by molar-refractivity contribution is -0.123. The topological polar surface area (TPSA) is 71.7 Å². The summed E-state index contributed by atoms with van der Waals surface area (Å²) in [6, 6.07) is 16.7. The number of benzene rings is 2. The molecule has 3 aromatic rings. The molecule has 2 aromatic carbocycles.